The standard InChI is InChI=1S/C19H19N/c1-12-5-7-17(15(4)9-12)18-8-6-16-10-13(2)14(3)11-19(16)20-18/h5-11H,1-4H3. The number of pyridine rings is 1. The van der Waals surface area contributed by atoms with E-state index in [-0.39, 0.29) is 0 Å². The van der Waals surface area contributed by atoms with Gasteiger partial charge in [-0.15, -0.1) is 0 Å². The molecule has 0 bridgehead atoms. The highest BCUT2D eigenvalue weighted by molar-refractivity contribution is 5.83. The number of aryl methyl sites for hydroxylation is 4. The largest absolute Gasteiger partial charge is 0.248 e. The summed E-state index contributed by atoms with van der Waals surface area (Å²) >= 11 is 0. The molecule has 0 aliphatic heterocycles. The molecule has 0 unspecified atom stereocenters. The molecule has 0 radical (unpaired) electrons. The van der Waals surface area contributed by atoms with Crippen LogP contribution >= 0.6 is 0 Å². The topological polar surface area (TPSA) is 12.9 Å². The van der Waals surface area contributed by atoms with Gasteiger partial charge in [0.25, 0.3) is 0 Å². The van der Waals surface area contributed by atoms with Crippen molar-refractivity contribution in [3.05, 3.63) is 64.7 Å². The zero-order valence-electron chi connectivity index (χ0n) is 12.5. The van der Waals surface area contributed by atoms with Gasteiger partial charge in [0.15, 0.2) is 0 Å². The molecule has 0 amide bonds. The Labute approximate surface area is 120 Å². The van der Waals surface area contributed by atoms with Crippen LogP contribution in [0.15, 0.2) is 42.5 Å². The molecule has 1 aromatic heterocycles. The Kier molecular flexibility index (Phi) is 3.06. The van der Waals surface area contributed by atoms with E-state index in [1.165, 1.54) is 33.2 Å². The highest BCUT2D eigenvalue weighted by Gasteiger charge is 2.06. The van der Waals surface area contributed by atoms with Gasteiger partial charge in [-0.2, -0.15) is 0 Å². The first-order valence-electron chi connectivity index (χ1n) is 7.00. The van der Waals surface area contributed by atoms with Gasteiger partial charge in [0.05, 0.1) is 11.2 Å². The molecule has 3 aromatic rings. The maximum Gasteiger partial charge on any atom is 0.0712 e. The van der Waals surface area contributed by atoms with E-state index in [2.05, 4.69) is 70.2 Å². The molecular formula is C19H19N. The molecule has 0 atom stereocenters. The number of nitrogens with zero attached hydrogens (tertiary/aromatic N) is 1. The third kappa shape index (κ3) is 2.20. The second kappa shape index (κ2) is 4.75. The van der Waals surface area contributed by atoms with E-state index in [0.717, 1.165) is 11.2 Å². The molecule has 0 aliphatic rings. The molecule has 2 aromatic carbocycles. The third-order valence-electron chi connectivity index (χ3n) is 3.96. The Bertz CT molecular complexity index is 800. The summed E-state index contributed by atoms with van der Waals surface area (Å²) in [7, 11) is 0. The summed E-state index contributed by atoms with van der Waals surface area (Å²) in [4.78, 5) is 4.84. The van der Waals surface area contributed by atoms with Crippen LogP contribution in [0.2, 0.25) is 0 Å². The highest BCUT2D eigenvalue weighted by Crippen LogP contribution is 2.26. The highest BCUT2D eigenvalue weighted by atomic mass is 14.7. The summed E-state index contributed by atoms with van der Waals surface area (Å²) in [5, 5.41) is 1.21. The Morgan fingerprint density at radius 1 is 0.700 bits per heavy atom. The minimum atomic E-state index is 1.05. The predicted octanol–water partition coefficient (Wildman–Crippen LogP) is 5.14. The molecular weight excluding hydrogens is 242 g/mol. The first kappa shape index (κ1) is 12.9. The van der Waals surface area contributed by atoms with Crippen LogP contribution in [-0.2, 0) is 0 Å². The van der Waals surface area contributed by atoms with Crippen LogP contribution < -0.4 is 0 Å². The number of hydrogen-bond donors (Lipinski definition) is 0. The van der Waals surface area contributed by atoms with Crippen LogP contribution in [0.25, 0.3) is 22.2 Å². The van der Waals surface area contributed by atoms with E-state index >= 15 is 0 Å². The molecule has 0 aliphatic carbocycles. The van der Waals surface area contributed by atoms with Crippen LogP contribution in [0.3, 0.4) is 0 Å². The molecule has 0 N–H and O–H groups in total. The average molecular weight is 261 g/mol. The Hall–Kier alpha value is -2.15. The van der Waals surface area contributed by atoms with Crippen molar-refractivity contribution in [3.63, 3.8) is 0 Å². The van der Waals surface area contributed by atoms with Crippen LogP contribution in [-0.4, -0.2) is 4.98 Å². The van der Waals surface area contributed by atoms with Crippen LogP contribution in [0.5, 0.6) is 0 Å². The van der Waals surface area contributed by atoms with Gasteiger partial charge in [0, 0.05) is 10.9 Å². The van der Waals surface area contributed by atoms with Crippen LogP contribution in [0, 0.1) is 27.7 Å². The van der Waals surface area contributed by atoms with Crippen LogP contribution in [0.4, 0.5) is 0 Å². The van der Waals surface area contributed by atoms with Gasteiger partial charge >= 0.3 is 0 Å². The van der Waals surface area contributed by atoms with Crippen molar-refractivity contribution >= 4 is 10.9 Å². The molecule has 1 heteroatoms. The number of rotatable bonds is 1. The van der Waals surface area contributed by atoms with E-state index in [4.69, 9.17) is 4.98 Å². The molecule has 20 heavy (non-hydrogen) atoms. The zero-order chi connectivity index (χ0) is 14.3. The quantitative estimate of drug-likeness (QED) is 0.591. The Balaban J connectivity index is 2.20. The lowest BCUT2D eigenvalue weighted by Crippen LogP contribution is -1.90. The minimum absolute atomic E-state index is 1.05. The van der Waals surface area contributed by atoms with E-state index in [9.17, 15) is 0 Å². The van der Waals surface area contributed by atoms with Gasteiger partial charge in [-0.25, -0.2) is 4.98 Å². The summed E-state index contributed by atoms with van der Waals surface area (Å²) in [6, 6.07) is 15.2. The molecule has 0 saturated carbocycles. The van der Waals surface area contributed by atoms with E-state index < -0.39 is 0 Å². The van der Waals surface area contributed by atoms with Gasteiger partial charge in [0.1, 0.15) is 0 Å². The number of aromatic nitrogens is 1. The lowest BCUT2D eigenvalue weighted by atomic mass is 10.0. The lowest BCUT2D eigenvalue weighted by molar-refractivity contribution is 1.31. The lowest BCUT2D eigenvalue weighted by Gasteiger charge is -2.09. The normalized spacial score (nSPS) is 11.0. The summed E-state index contributed by atoms with van der Waals surface area (Å²) in [5.74, 6) is 0. The van der Waals surface area contributed by atoms with Gasteiger partial charge in [-0.1, -0.05) is 29.8 Å². The predicted molar refractivity (Wildman–Crippen MR) is 86.1 cm³/mol. The number of hydrogen-bond acceptors (Lipinski definition) is 1. The van der Waals surface area contributed by atoms with Crippen molar-refractivity contribution in [1.82, 2.24) is 4.98 Å². The van der Waals surface area contributed by atoms with E-state index in [1.54, 1.807) is 0 Å². The summed E-state index contributed by atoms with van der Waals surface area (Å²) < 4.78 is 0. The molecule has 1 nitrogen and oxygen atoms in total. The zero-order valence-corrected chi connectivity index (χ0v) is 12.5. The van der Waals surface area contributed by atoms with Gasteiger partial charge in [-0.3, -0.25) is 0 Å². The molecule has 0 spiro atoms. The first-order chi connectivity index (χ1) is 9.54. The first-order valence-corrected chi connectivity index (χ1v) is 7.00. The van der Waals surface area contributed by atoms with Crippen molar-refractivity contribution in [2.75, 3.05) is 0 Å². The summed E-state index contributed by atoms with van der Waals surface area (Å²) in [5.41, 5.74) is 8.53. The van der Waals surface area contributed by atoms with Crippen molar-refractivity contribution in [3.8, 4) is 11.3 Å². The molecule has 0 saturated heterocycles. The Morgan fingerprint density at radius 2 is 1.45 bits per heavy atom. The maximum absolute atomic E-state index is 4.84. The molecule has 1 heterocycles. The smallest absolute Gasteiger partial charge is 0.0712 e. The molecule has 100 valence electrons. The van der Waals surface area contributed by atoms with Crippen LogP contribution in [0.1, 0.15) is 22.3 Å². The van der Waals surface area contributed by atoms with E-state index in [0.29, 0.717) is 0 Å². The van der Waals surface area contributed by atoms with Crippen molar-refractivity contribution < 1.29 is 0 Å². The fraction of sp³-hybridized carbons (Fsp3) is 0.211. The second-order valence-electron chi connectivity index (χ2n) is 5.64. The Morgan fingerprint density at radius 3 is 2.20 bits per heavy atom. The summed E-state index contributed by atoms with van der Waals surface area (Å²) in [6.45, 7) is 8.55. The monoisotopic (exact) mass is 261 g/mol. The second-order valence-corrected chi connectivity index (χ2v) is 5.64. The summed E-state index contributed by atoms with van der Waals surface area (Å²) in [6.07, 6.45) is 0. The molecule has 0 fully saturated rings. The van der Waals surface area contributed by atoms with Crippen molar-refractivity contribution in [1.29, 1.82) is 0 Å². The fourth-order valence-corrected chi connectivity index (χ4v) is 2.64. The maximum atomic E-state index is 4.84. The SMILES string of the molecule is Cc1ccc(-c2ccc3cc(C)c(C)cc3n2)c(C)c1. The van der Waals surface area contributed by atoms with Gasteiger partial charge in [0.2, 0.25) is 0 Å². The minimum Gasteiger partial charge on any atom is -0.248 e. The number of benzene rings is 2. The van der Waals surface area contributed by atoms with E-state index in [1.807, 2.05) is 0 Å². The molecule has 3 rings (SSSR count). The van der Waals surface area contributed by atoms with Gasteiger partial charge < -0.3 is 0 Å². The van der Waals surface area contributed by atoms with Gasteiger partial charge in [-0.05, 0) is 62.6 Å². The van der Waals surface area contributed by atoms with Crippen molar-refractivity contribution in [2.24, 2.45) is 0 Å². The number of fused-ring (bicyclic) bond motifs is 1. The average Bonchev–Trinajstić information content (AvgIpc) is 2.40. The fourth-order valence-electron chi connectivity index (χ4n) is 2.64. The third-order valence-corrected chi connectivity index (χ3v) is 3.96. The van der Waals surface area contributed by atoms with Crippen molar-refractivity contribution in [2.45, 2.75) is 27.7 Å².